The number of ether oxygens (including phenoxy) is 1. The number of nitrogens with zero attached hydrogens (tertiary/aromatic N) is 1. The van der Waals surface area contributed by atoms with Gasteiger partial charge in [-0.2, -0.15) is 0 Å². The average molecular weight is 241 g/mol. The first kappa shape index (κ1) is 13.9. The van der Waals surface area contributed by atoms with Crippen LogP contribution >= 0.6 is 0 Å². The summed E-state index contributed by atoms with van der Waals surface area (Å²) in [6.07, 6.45) is 0.708. The van der Waals surface area contributed by atoms with Crippen LogP contribution in [0, 0.1) is 5.82 Å². The molecule has 0 radical (unpaired) electrons. The van der Waals surface area contributed by atoms with Crippen LogP contribution in [-0.4, -0.2) is 36.8 Å². The van der Waals surface area contributed by atoms with Crippen molar-refractivity contribution < 1.29 is 14.2 Å². The van der Waals surface area contributed by atoms with E-state index in [4.69, 9.17) is 9.84 Å². The van der Waals surface area contributed by atoms with Crippen LogP contribution in [0.25, 0.3) is 0 Å². The number of hydrogen-bond donors (Lipinski definition) is 1. The molecule has 0 saturated heterocycles. The van der Waals surface area contributed by atoms with E-state index in [1.165, 1.54) is 7.11 Å². The molecule has 96 valence electrons. The van der Waals surface area contributed by atoms with Crippen molar-refractivity contribution in [1.29, 1.82) is 0 Å². The Morgan fingerprint density at radius 1 is 1.41 bits per heavy atom. The number of rotatable bonds is 7. The van der Waals surface area contributed by atoms with Gasteiger partial charge in [-0.25, -0.2) is 4.39 Å². The van der Waals surface area contributed by atoms with Crippen molar-refractivity contribution in [1.82, 2.24) is 4.90 Å². The summed E-state index contributed by atoms with van der Waals surface area (Å²) < 4.78 is 18.8. The second-order valence-electron chi connectivity index (χ2n) is 3.88. The van der Waals surface area contributed by atoms with E-state index in [2.05, 4.69) is 4.90 Å². The van der Waals surface area contributed by atoms with Crippen LogP contribution in [0.5, 0.6) is 5.75 Å². The Labute approximate surface area is 102 Å². The molecule has 0 fully saturated rings. The highest BCUT2D eigenvalue weighted by Gasteiger charge is 2.11. The molecule has 1 aromatic rings. The van der Waals surface area contributed by atoms with E-state index in [0.717, 1.165) is 13.1 Å². The fourth-order valence-corrected chi connectivity index (χ4v) is 1.72. The van der Waals surface area contributed by atoms with Crippen LogP contribution in [0.4, 0.5) is 4.39 Å². The number of aliphatic hydroxyl groups is 1. The first-order chi connectivity index (χ1) is 8.22. The lowest BCUT2D eigenvalue weighted by Crippen LogP contribution is -2.25. The molecule has 0 aromatic heterocycles. The quantitative estimate of drug-likeness (QED) is 0.793. The Morgan fingerprint density at radius 3 is 2.76 bits per heavy atom. The zero-order valence-corrected chi connectivity index (χ0v) is 10.4. The Morgan fingerprint density at radius 2 is 2.18 bits per heavy atom. The van der Waals surface area contributed by atoms with Gasteiger partial charge in [-0.1, -0.05) is 19.1 Å². The fraction of sp³-hybridized carbons (Fsp3) is 0.538. The lowest BCUT2D eigenvalue weighted by atomic mass is 10.2. The van der Waals surface area contributed by atoms with Crippen LogP contribution in [0.15, 0.2) is 18.2 Å². The number of benzene rings is 1. The maximum Gasteiger partial charge on any atom is 0.169 e. The smallest absolute Gasteiger partial charge is 0.169 e. The van der Waals surface area contributed by atoms with E-state index >= 15 is 0 Å². The molecule has 0 unspecified atom stereocenters. The summed E-state index contributed by atoms with van der Waals surface area (Å²) in [4.78, 5) is 2.09. The molecule has 1 aromatic carbocycles. The van der Waals surface area contributed by atoms with Gasteiger partial charge in [-0.15, -0.1) is 0 Å². The Bertz CT molecular complexity index is 344. The second-order valence-corrected chi connectivity index (χ2v) is 3.88. The minimum absolute atomic E-state index is 0.164. The minimum atomic E-state index is -0.294. The monoisotopic (exact) mass is 241 g/mol. The summed E-state index contributed by atoms with van der Waals surface area (Å²) in [5.41, 5.74) is 0.629. The van der Waals surface area contributed by atoms with E-state index in [1.54, 1.807) is 18.2 Å². The zero-order valence-electron chi connectivity index (χ0n) is 10.4. The Kier molecular flexibility index (Phi) is 5.94. The summed E-state index contributed by atoms with van der Waals surface area (Å²) >= 11 is 0. The molecule has 1 rings (SSSR count). The molecule has 0 aliphatic carbocycles. The van der Waals surface area contributed by atoms with Crippen LogP contribution in [-0.2, 0) is 6.54 Å². The predicted octanol–water partition coefficient (Wildman–Crippen LogP) is 2.04. The standard InChI is InChI=1S/C13H20FNO2/c1-3-15(8-5-9-16)10-11-6-4-7-12(17-2)13(11)14/h4,6-7,16H,3,5,8-10H2,1-2H3. The van der Waals surface area contributed by atoms with Gasteiger partial charge in [0.05, 0.1) is 7.11 Å². The number of aliphatic hydroxyl groups excluding tert-OH is 1. The number of methoxy groups -OCH3 is 1. The van der Waals surface area contributed by atoms with Crippen molar-refractivity contribution in [2.45, 2.75) is 19.9 Å². The maximum absolute atomic E-state index is 13.9. The third kappa shape index (κ3) is 3.98. The lowest BCUT2D eigenvalue weighted by molar-refractivity contribution is 0.223. The first-order valence-corrected chi connectivity index (χ1v) is 5.87. The van der Waals surface area contributed by atoms with Crippen molar-refractivity contribution in [2.24, 2.45) is 0 Å². The molecule has 4 heteroatoms. The van der Waals surface area contributed by atoms with E-state index in [0.29, 0.717) is 18.5 Å². The Hall–Kier alpha value is -1.13. The van der Waals surface area contributed by atoms with E-state index in [1.807, 2.05) is 6.92 Å². The van der Waals surface area contributed by atoms with Crippen LogP contribution in [0.2, 0.25) is 0 Å². The summed E-state index contributed by atoms with van der Waals surface area (Å²) in [7, 11) is 1.46. The van der Waals surface area contributed by atoms with Gasteiger partial charge in [0.15, 0.2) is 11.6 Å². The second kappa shape index (κ2) is 7.25. The molecule has 0 aliphatic heterocycles. The molecule has 0 atom stereocenters. The first-order valence-electron chi connectivity index (χ1n) is 5.87. The largest absolute Gasteiger partial charge is 0.494 e. The molecule has 0 spiro atoms. The highest BCUT2D eigenvalue weighted by molar-refractivity contribution is 5.30. The van der Waals surface area contributed by atoms with Crippen molar-refractivity contribution >= 4 is 0 Å². The third-order valence-electron chi connectivity index (χ3n) is 2.74. The van der Waals surface area contributed by atoms with Crippen LogP contribution in [0.1, 0.15) is 18.9 Å². The normalized spacial score (nSPS) is 10.9. The van der Waals surface area contributed by atoms with Gasteiger partial charge in [0.2, 0.25) is 0 Å². The zero-order chi connectivity index (χ0) is 12.7. The summed E-state index contributed by atoms with van der Waals surface area (Å²) in [5.74, 6) is -0.0156. The molecule has 0 amide bonds. The molecule has 0 heterocycles. The average Bonchev–Trinajstić information content (AvgIpc) is 2.36. The molecule has 0 bridgehead atoms. The van der Waals surface area contributed by atoms with Crippen molar-refractivity contribution in [2.75, 3.05) is 26.8 Å². The number of halogens is 1. The van der Waals surface area contributed by atoms with Gasteiger partial charge in [0.1, 0.15) is 0 Å². The summed E-state index contributed by atoms with van der Waals surface area (Å²) in [5, 5.41) is 8.79. The fourth-order valence-electron chi connectivity index (χ4n) is 1.72. The topological polar surface area (TPSA) is 32.7 Å². The van der Waals surface area contributed by atoms with Gasteiger partial charge >= 0.3 is 0 Å². The van der Waals surface area contributed by atoms with E-state index in [9.17, 15) is 4.39 Å². The van der Waals surface area contributed by atoms with E-state index < -0.39 is 0 Å². The SMILES string of the molecule is CCN(CCCO)Cc1cccc(OC)c1F. The summed E-state index contributed by atoms with van der Waals surface area (Å²) in [6.45, 7) is 4.33. The highest BCUT2D eigenvalue weighted by Crippen LogP contribution is 2.21. The van der Waals surface area contributed by atoms with Gasteiger partial charge in [0, 0.05) is 25.3 Å². The van der Waals surface area contributed by atoms with Gasteiger partial charge in [-0.05, 0) is 19.0 Å². The van der Waals surface area contributed by atoms with Crippen LogP contribution < -0.4 is 4.74 Å². The molecule has 3 nitrogen and oxygen atoms in total. The molecular formula is C13H20FNO2. The Balaban J connectivity index is 2.72. The van der Waals surface area contributed by atoms with Gasteiger partial charge < -0.3 is 9.84 Å². The number of hydrogen-bond acceptors (Lipinski definition) is 3. The van der Waals surface area contributed by atoms with Gasteiger partial charge in [-0.3, -0.25) is 4.90 Å². The minimum Gasteiger partial charge on any atom is -0.494 e. The predicted molar refractivity (Wildman–Crippen MR) is 65.6 cm³/mol. The van der Waals surface area contributed by atoms with Crippen molar-refractivity contribution in [3.63, 3.8) is 0 Å². The summed E-state index contributed by atoms with van der Waals surface area (Å²) in [6, 6.07) is 5.17. The molecule has 0 aliphatic rings. The maximum atomic E-state index is 13.9. The van der Waals surface area contributed by atoms with Crippen molar-refractivity contribution in [3.8, 4) is 5.75 Å². The lowest BCUT2D eigenvalue weighted by Gasteiger charge is -2.20. The molecule has 0 saturated carbocycles. The highest BCUT2D eigenvalue weighted by atomic mass is 19.1. The molecular weight excluding hydrogens is 221 g/mol. The van der Waals surface area contributed by atoms with Crippen LogP contribution in [0.3, 0.4) is 0 Å². The third-order valence-corrected chi connectivity index (χ3v) is 2.74. The van der Waals surface area contributed by atoms with Gasteiger partial charge in [0.25, 0.3) is 0 Å². The van der Waals surface area contributed by atoms with E-state index in [-0.39, 0.29) is 18.2 Å². The molecule has 17 heavy (non-hydrogen) atoms. The van der Waals surface area contributed by atoms with Crippen molar-refractivity contribution in [3.05, 3.63) is 29.6 Å². The molecule has 1 N–H and O–H groups in total.